The largest absolute Gasteiger partial charge is 0.397 e. The van der Waals surface area contributed by atoms with Crippen molar-refractivity contribution in [1.82, 2.24) is 10.3 Å². The van der Waals surface area contributed by atoms with Gasteiger partial charge in [-0.1, -0.05) is 39.8 Å². The fraction of sp³-hybridized carbons (Fsp3) is 0.471. The Labute approximate surface area is 126 Å². The molecule has 21 heavy (non-hydrogen) atoms. The summed E-state index contributed by atoms with van der Waals surface area (Å²) in [5.41, 5.74) is 7.96. The van der Waals surface area contributed by atoms with Crippen LogP contribution in [-0.4, -0.2) is 17.4 Å². The molecule has 2 aromatic rings. The number of rotatable bonds is 5. The highest BCUT2D eigenvalue weighted by molar-refractivity contribution is 6.00. The number of H-pyrrole nitrogens is 1. The van der Waals surface area contributed by atoms with Gasteiger partial charge in [0.2, 0.25) is 0 Å². The Kier molecular flexibility index (Phi) is 4.56. The minimum Gasteiger partial charge on any atom is -0.397 e. The summed E-state index contributed by atoms with van der Waals surface area (Å²) in [6.07, 6.45) is 0. The molecule has 114 valence electrons. The van der Waals surface area contributed by atoms with Crippen LogP contribution < -0.4 is 11.1 Å². The second-order valence-electron chi connectivity index (χ2n) is 6.36. The van der Waals surface area contributed by atoms with Crippen molar-refractivity contribution in [1.29, 1.82) is 0 Å². The second kappa shape index (κ2) is 6.20. The van der Waals surface area contributed by atoms with Gasteiger partial charge in [0.25, 0.3) is 5.91 Å². The molecule has 0 radical (unpaired) electrons. The number of nitrogens with one attached hydrogen (secondary N) is 2. The first-order valence-corrected chi connectivity index (χ1v) is 7.55. The Morgan fingerprint density at radius 2 is 1.90 bits per heavy atom. The highest BCUT2D eigenvalue weighted by Crippen LogP contribution is 2.22. The fourth-order valence-corrected chi connectivity index (χ4v) is 2.85. The quantitative estimate of drug-likeness (QED) is 0.737. The molecule has 1 aromatic heterocycles. The average Bonchev–Trinajstić information content (AvgIpc) is 2.83. The summed E-state index contributed by atoms with van der Waals surface area (Å²) in [6, 6.07) is 7.51. The van der Waals surface area contributed by atoms with Crippen molar-refractivity contribution in [3.8, 4) is 0 Å². The summed E-state index contributed by atoms with van der Waals surface area (Å²) in [6.45, 7) is 9.47. The molecule has 0 fully saturated rings. The van der Waals surface area contributed by atoms with Gasteiger partial charge in [0.15, 0.2) is 0 Å². The zero-order chi connectivity index (χ0) is 15.6. The number of fused-ring (bicyclic) bond motifs is 1. The van der Waals surface area contributed by atoms with E-state index in [0.717, 1.165) is 10.9 Å². The Hall–Kier alpha value is -1.97. The first kappa shape index (κ1) is 15.4. The van der Waals surface area contributed by atoms with Crippen LogP contribution in [0.2, 0.25) is 0 Å². The number of benzene rings is 1. The molecule has 2 rings (SSSR count). The molecule has 0 saturated carbocycles. The lowest BCUT2D eigenvalue weighted by Gasteiger charge is -2.24. The maximum atomic E-state index is 12.3. The van der Waals surface area contributed by atoms with Crippen molar-refractivity contribution >= 4 is 22.5 Å². The number of anilines is 1. The summed E-state index contributed by atoms with van der Waals surface area (Å²) in [5.74, 6) is 1.49. The standard InChI is InChI=1S/C17H25N3O/c1-10(2)13(11(3)4)9-19-17(21)15-8-12-6-5-7-14(18)16(12)20-15/h5-8,10-11,13,20H,9,18H2,1-4H3,(H,19,21). The number of nitrogens with two attached hydrogens (primary N) is 1. The smallest absolute Gasteiger partial charge is 0.267 e. The molecule has 0 aliphatic rings. The number of hydrogen-bond acceptors (Lipinski definition) is 2. The molecular weight excluding hydrogens is 262 g/mol. The fourth-order valence-electron chi connectivity index (χ4n) is 2.85. The van der Waals surface area contributed by atoms with Crippen LogP contribution in [-0.2, 0) is 0 Å². The van der Waals surface area contributed by atoms with Gasteiger partial charge in [-0.15, -0.1) is 0 Å². The van der Waals surface area contributed by atoms with Crippen molar-refractivity contribution < 1.29 is 4.79 Å². The van der Waals surface area contributed by atoms with Crippen LogP contribution in [0.1, 0.15) is 38.2 Å². The van der Waals surface area contributed by atoms with Crippen LogP contribution in [0.25, 0.3) is 10.9 Å². The van der Waals surface area contributed by atoms with Crippen molar-refractivity contribution in [2.75, 3.05) is 12.3 Å². The highest BCUT2D eigenvalue weighted by Gasteiger charge is 2.19. The topological polar surface area (TPSA) is 70.9 Å². The van der Waals surface area contributed by atoms with E-state index in [1.807, 2.05) is 24.3 Å². The van der Waals surface area contributed by atoms with Gasteiger partial charge in [-0.2, -0.15) is 0 Å². The number of aromatic amines is 1. The maximum absolute atomic E-state index is 12.3. The monoisotopic (exact) mass is 287 g/mol. The maximum Gasteiger partial charge on any atom is 0.267 e. The molecular formula is C17H25N3O. The third-order valence-corrected chi connectivity index (χ3v) is 4.14. The van der Waals surface area contributed by atoms with E-state index in [-0.39, 0.29) is 5.91 Å². The van der Waals surface area contributed by atoms with Crippen molar-refractivity contribution in [2.45, 2.75) is 27.7 Å². The second-order valence-corrected chi connectivity index (χ2v) is 6.36. The number of para-hydroxylation sites is 1. The van der Waals surface area contributed by atoms with Crippen molar-refractivity contribution in [2.24, 2.45) is 17.8 Å². The molecule has 1 aromatic carbocycles. The average molecular weight is 287 g/mol. The Bertz CT molecular complexity index is 620. The molecule has 0 saturated heterocycles. The number of carbonyl (C=O) groups is 1. The van der Waals surface area contributed by atoms with E-state index in [9.17, 15) is 4.79 Å². The molecule has 0 aliphatic carbocycles. The third kappa shape index (κ3) is 3.38. The summed E-state index contributed by atoms with van der Waals surface area (Å²) in [4.78, 5) is 15.4. The Morgan fingerprint density at radius 3 is 2.48 bits per heavy atom. The van der Waals surface area contributed by atoms with Crippen molar-refractivity contribution in [3.63, 3.8) is 0 Å². The predicted molar refractivity (Wildman–Crippen MR) is 88.2 cm³/mol. The molecule has 0 aliphatic heterocycles. The number of nitrogen functional groups attached to an aromatic ring is 1. The van der Waals surface area contributed by atoms with Crippen LogP contribution in [0, 0.1) is 17.8 Å². The van der Waals surface area contributed by atoms with Gasteiger partial charge in [-0.05, 0) is 29.9 Å². The van der Waals surface area contributed by atoms with Gasteiger partial charge in [-0.25, -0.2) is 0 Å². The number of carbonyl (C=O) groups excluding carboxylic acids is 1. The summed E-state index contributed by atoms with van der Waals surface area (Å²) < 4.78 is 0. The third-order valence-electron chi connectivity index (χ3n) is 4.14. The van der Waals surface area contributed by atoms with E-state index < -0.39 is 0 Å². The minimum atomic E-state index is -0.0723. The molecule has 1 heterocycles. The lowest BCUT2D eigenvalue weighted by molar-refractivity contribution is 0.0933. The molecule has 4 heteroatoms. The molecule has 0 unspecified atom stereocenters. The Balaban J connectivity index is 2.10. The van der Waals surface area contributed by atoms with Crippen molar-refractivity contribution in [3.05, 3.63) is 30.0 Å². The molecule has 4 N–H and O–H groups in total. The van der Waals surface area contributed by atoms with Gasteiger partial charge >= 0.3 is 0 Å². The van der Waals surface area contributed by atoms with E-state index in [1.54, 1.807) is 0 Å². The molecule has 0 bridgehead atoms. The van der Waals surface area contributed by atoms with E-state index in [1.165, 1.54) is 0 Å². The first-order chi connectivity index (χ1) is 9.90. The van der Waals surface area contributed by atoms with E-state index in [2.05, 4.69) is 38.0 Å². The van der Waals surface area contributed by atoms with Crippen LogP contribution in [0.4, 0.5) is 5.69 Å². The lowest BCUT2D eigenvalue weighted by Crippen LogP contribution is -2.34. The number of aromatic nitrogens is 1. The number of hydrogen-bond donors (Lipinski definition) is 3. The van der Waals surface area contributed by atoms with E-state index in [4.69, 9.17) is 5.73 Å². The van der Waals surface area contributed by atoms with Gasteiger partial charge in [0.1, 0.15) is 5.69 Å². The van der Waals surface area contributed by atoms with Crippen LogP contribution in [0.5, 0.6) is 0 Å². The lowest BCUT2D eigenvalue weighted by atomic mass is 9.85. The van der Waals surface area contributed by atoms with Gasteiger partial charge in [0, 0.05) is 11.9 Å². The predicted octanol–water partition coefficient (Wildman–Crippen LogP) is 3.41. The molecule has 0 spiro atoms. The normalized spacial score (nSPS) is 11.8. The van der Waals surface area contributed by atoms with Crippen LogP contribution in [0.3, 0.4) is 0 Å². The zero-order valence-corrected chi connectivity index (χ0v) is 13.2. The molecule has 0 atom stereocenters. The summed E-state index contributed by atoms with van der Waals surface area (Å²) >= 11 is 0. The molecule has 4 nitrogen and oxygen atoms in total. The summed E-state index contributed by atoms with van der Waals surface area (Å²) in [5, 5.41) is 3.99. The minimum absolute atomic E-state index is 0.0723. The van der Waals surface area contributed by atoms with Gasteiger partial charge < -0.3 is 16.0 Å². The molecule has 1 amide bonds. The van der Waals surface area contributed by atoms with Crippen LogP contribution >= 0.6 is 0 Å². The summed E-state index contributed by atoms with van der Waals surface area (Å²) in [7, 11) is 0. The van der Waals surface area contributed by atoms with Gasteiger partial charge in [-0.3, -0.25) is 4.79 Å². The SMILES string of the molecule is CC(C)C(CNC(=O)c1cc2cccc(N)c2[nH]1)C(C)C. The highest BCUT2D eigenvalue weighted by atomic mass is 16.1. The van der Waals surface area contributed by atoms with E-state index >= 15 is 0 Å². The van der Waals surface area contributed by atoms with Crippen LogP contribution in [0.15, 0.2) is 24.3 Å². The number of amides is 1. The Morgan fingerprint density at radius 1 is 1.24 bits per heavy atom. The first-order valence-electron chi connectivity index (χ1n) is 7.55. The zero-order valence-electron chi connectivity index (χ0n) is 13.2. The van der Waals surface area contributed by atoms with E-state index in [0.29, 0.717) is 35.7 Å². The van der Waals surface area contributed by atoms with Gasteiger partial charge in [0.05, 0.1) is 11.2 Å².